The predicted octanol–water partition coefficient (Wildman–Crippen LogP) is 2.19. The molecule has 21 heavy (non-hydrogen) atoms. The molecule has 3 rings (SSSR count). The van der Waals surface area contributed by atoms with E-state index in [4.69, 9.17) is 9.26 Å². The Balaban J connectivity index is 1.51. The highest BCUT2D eigenvalue weighted by atomic mass is 19.1. The zero-order chi connectivity index (χ0) is 14.5. The van der Waals surface area contributed by atoms with Gasteiger partial charge in [-0.05, 0) is 50.2 Å². The Morgan fingerprint density at radius 1 is 1.24 bits per heavy atom. The Hall–Kier alpha value is -1.79. The number of halogens is 1. The molecule has 1 aliphatic rings. The Morgan fingerprint density at radius 3 is 2.76 bits per heavy atom. The number of aromatic nitrogens is 2. The van der Waals surface area contributed by atoms with E-state index in [1.807, 2.05) is 0 Å². The predicted molar refractivity (Wildman–Crippen MR) is 75.2 cm³/mol. The van der Waals surface area contributed by atoms with Crippen molar-refractivity contribution in [2.75, 3.05) is 19.7 Å². The minimum absolute atomic E-state index is 0.280. The van der Waals surface area contributed by atoms with Crippen LogP contribution in [0.4, 0.5) is 4.39 Å². The topological polar surface area (TPSA) is 60.2 Å². The maximum Gasteiger partial charge on any atom is 0.229 e. The van der Waals surface area contributed by atoms with E-state index in [9.17, 15) is 4.39 Å². The van der Waals surface area contributed by atoms with Gasteiger partial charge in [0.05, 0.1) is 19.1 Å². The summed E-state index contributed by atoms with van der Waals surface area (Å²) in [6, 6.07) is 6.03. The zero-order valence-electron chi connectivity index (χ0n) is 11.7. The minimum Gasteiger partial charge on any atom is -0.378 e. The molecule has 5 nitrogen and oxygen atoms in total. The van der Waals surface area contributed by atoms with Gasteiger partial charge < -0.3 is 14.6 Å². The van der Waals surface area contributed by atoms with Crippen LogP contribution in [-0.2, 0) is 11.2 Å². The molecule has 0 aliphatic carbocycles. The molecule has 112 valence electrons. The van der Waals surface area contributed by atoms with Crippen molar-refractivity contribution in [3.8, 4) is 11.4 Å². The average Bonchev–Trinajstić information content (AvgIpc) is 2.98. The van der Waals surface area contributed by atoms with E-state index in [2.05, 4.69) is 15.5 Å². The number of nitrogens with one attached hydrogen (secondary N) is 1. The molecule has 0 atom stereocenters. The third-order valence-corrected chi connectivity index (χ3v) is 3.53. The molecule has 1 fully saturated rings. The number of ether oxygens (including phenoxy) is 1. The monoisotopic (exact) mass is 291 g/mol. The summed E-state index contributed by atoms with van der Waals surface area (Å²) < 4.78 is 23.9. The van der Waals surface area contributed by atoms with Crippen molar-refractivity contribution in [3.63, 3.8) is 0 Å². The number of hydrogen-bond donors (Lipinski definition) is 1. The zero-order valence-corrected chi connectivity index (χ0v) is 11.7. The summed E-state index contributed by atoms with van der Waals surface area (Å²) in [4.78, 5) is 4.30. The van der Waals surface area contributed by atoms with Crippen LogP contribution >= 0.6 is 0 Å². The summed E-state index contributed by atoms with van der Waals surface area (Å²) in [6.45, 7) is 2.61. The lowest BCUT2D eigenvalue weighted by molar-refractivity contribution is 0.0322. The molecule has 6 heteroatoms. The Kier molecular flexibility index (Phi) is 4.57. The van der Waals surface area contributed by atoms with Crippen molar-refractivity contribution in [1.29, 1.82) is 0 Å². The fraction of sp³-hybridized carbons (Fsp3) is 0.467. The minimum atomic E-state index is -0.280. The number of piperidine rings is 1. The maximum absolute atomic E-state index is 12.9. The quantitative estimate of drug-likeness (QED) is 0.915. The van der Waals surface area contributed by atoms with Gasteiger partial charge in [0.25, 0.3) is 0 Å². The van der Waals surface area contributed by atoms with Crippen molar-refractivity contribution >= 4 is 0 Å². The van der Waals surface area contributed by atoms with Crippen LogP contribution in [0.15, 0.2) is 28.8 Å². The molecule has 2 aromatic rings. The van der Waals surface area contributed by atoms with Crippen molar-refractivity contribution in [2.45, 2.75) is 25.4 Å². The van der Waals surface area contributed by atoms with Crippen molar-refractivity contribution in [2.24, 2.45) is 0 Å². The summed E-state index contributed by atoms with van der Waals surface area (Å²) in [5.74, 6) is 0.743. The van der Waals surface area contributed by atoms with E-state index in [1.54, 1.807) is 12.1 Å². The molecular weight excluding hydrogens is 273 g/mol. The second kappa shape index (κ2) is 6.78. The van der Waals surface area contributed by atoms with Crippen LogP contribution in [0.3, 0.4) is 0 Å². The van der Waals surface area contributed by atoms with E-state index in [-0.39, 0.29) is 5.82 Å². The molecule has 1 aromatic carbocycles. The summed E-state index contributed by atoms with van der Waals surface area (Å²) in [5.41, 5.74) is 0.741. The first-order chi connectivity index (χ1) is 10.3. The average molecular weight is 291 g/mol. The molecule has 1 N–H and O–H groups in total. The van der Waals surface area contributed by atoms with Crippen LogP contribution in [-0.4, -0.2) is 35.9 Å². The van der Waals surface area contributed by atoms with Gasteiger partial charge >= 0.3 is 0 Å². The standard InChI is InChI=1S/C15H18FN3O2/c16-12-3-1-11(2-4-12)15-18-14(21-19-15)7-10-20-13-5-8-17-9-6-13/h1-4,13,17H,5-10H2. The summed E-state index contributed by atoms with van der Waals surface area (Å²) in [7, 11) is 0. The SMILES string of the molecule is Fc1ccc(-c2noc(CCOC3CCNCC3)n2)cc1. The Bertz CT molecular complexity index is 565. The van der Waals surface area contributed by atoms with Gasteiger partial charge in [0.2, 0.25) is 11.7 Å². The second-order valence-electron chi connectivity index (χ2n) is 5.09. The molecule has 1 aromatic heterocycles. The lowest BCUT2D eigenvalue weighted by atomic mass is 10.1. The van der Waals surface area contributed by atoms with Crippen LogP contribution in [0, 0.1) is 5.82 Å². The molecule has 0 unspecified atom stereocenters. The Labute approximate surface area is 122 Å². The van der Waals surface area contributed by atoms with Gasteiger partial charge in [-0.15, -0.1) is 0 Å². The first kappa shape index (κ1) is 14.2. The molecule has 0 spiro atoms. The molecular formula is C15H18FN3O2. The van der Waals surface area contributed by atoms with Gasteiger partial charge in [-0.3, -0.25) is 0 Å². The van der Waals surface area contributed by atoms with Gasteiger partial charge in [0, 0.05) is 5.56 Å². The number of nitrogens with zero attached hydrogens (tertiary/aromatic N) is 2. The fourth-order valence-electron chi connectivity index (χ4n) is 2.35. The molecule has 1 saturated heterocycles. The lowest BCUT2D eigenvalue weighted by Gasteiger charge is -2.22. The van der Waals surface area contributed by atoms with Crippen LogP contribution < -0.4 is 5.32 Å². The van der Waals surface area contributed by atoms with Crippen LogP contribution in [0.1, 0.15) is 18.7 Å². The number of benzene rings is 1. The smallest absolute Gasteiger partial charge is 0.229 e. The molecule has 0 amide bonds. The van der Waals surface area contributed by atoms with Crippen LogP contribution in [0.25, 0.3) is 11.4 Å². The maximum atomic E-state index is 12.9. The van der Waals surface area contributed by atoms with E-state index in [0.717, 1.165) is 31.5 Å². The van der Waals surface area contributed by atoms with Gasteiger partial charge in [-0.1, -0.05) is 5.16 Å². The van der Waals surface area contributed by atoms with Crippen LogP contribution in [0.5, 0.6) is 0 Å². The van der Waals surface area contributed by atoms with Crippen molar-refractivity contribution in [1.82, 2.24) is 15.5 Å². The van der Waals surface area contributed by atoms with Gasteiger partial charge in [-0.25, -0.2) is 4.39 Å². The lowest BCUT2D eigenvalue weighted by Crippen LogP contribution is -2.32. The summed E-state index contributed by atoms with van der Waals surface area (Å²) in [5, 5.41) is 7.21. The van der Waals surface area contributed by atoms with Crippen LogP contribution in [0.2, 0.25) is 0 Å². The van der Waals surface area contributed by atoms with E-state index in [0.29, 0.717) is 30.8 Å². The van der Waals surface area contributed by atoms with Crippen molar-refractivity contribution < 1.29 is 13.7 Å². The highest BCUT2D eigenvalue weighted by molar-refractivity contribution is 5.53. The molecule has 2 heterocycles. The van der Waals surface area contributed by atoms with Gasteiger partial charge in [-0.2, -0.15) is 4.98 Å². The Morgan fingerprint density at radius 2 is 2.00 bits per heavy atom. The van der Waals surface area contributed by atoms with E-state index < -0.39 is 0 Å². The van der Waals surface area contributed by atoms with Gasteiger partial charge in [0.1, 0.15) is 5.82 Å². The summed E-state index contributed by atoms with van der Waals surface area (Å²) in [6.07, 6.45) is 3.01. The first-order valence-corrected chi connectivity index (χ1v) is 7.22. The number of hydrogen-bond acceptors (Lipinski definition) is 5. The largest absolute Gasteiger partial charge is 0.378 e. The third kappa shape index (κ3) is 3.86. The molecule has 0 saturated carbocycles. The van der Waals surface area contributed by atoms with Crippen molar-refractivity contribution in [3.05, 3.63) is 36.0 Å². The third-order valence-electron chi connectivity index (χ3n) is 3.53. The molecule has 1 aliphatic heterocycles. The summed E-state index contributed by atoms with van der Waals surface area (Å²) >= 11 is 0. The normalized spacial score (nSPS) is 16.2. The second-order valence-corrected chi connectivity index (χ2v) is 5.09. The van der Waals surface area contributed by atoms with E-state index >= 15 is 0 Å². The van der Waals surface area contributed by atoms with Gasteiger partial charge in [0.15, 0.2) is 0 Å². The molecule has 0 bridgehead atoms. The molecule has 0 radical (unpaired) electrons. The highest BCUT2D eigenvalue weighted by Gasteiger charge is 2.14. The first-order valence-electron chi connectivity index (χ1n) is 7.22. The van der Waals surface area contributed by atoms with E-state index in [1.165, 1.54) is 12.1 Å². The highest BCUT2D eigenvalue weighted by Crippen LogP contribution is 2.16. The fourth-order valence-corrected chi connectivity index (χ4v) is 2.35. The number of rotatable bonds is 5.